The summed E-state index contributed by atoms with van der Waals surface area (Å²) in [5.74, 6) is -0.146. The van der Waals surface area contributed by atoms with E-state index in [-0.39, 0.29) is 11.8 Å². The zero-order chi connectivity index (χ0) is 8.55. The Balaban J connectivity index is 2.03. The fourth-order valence-corrected chi connectivity index (χ4v) is 1.06. The molecule has 0 aromatic heterocycles. The molecule has 2 heterocycles. The number of hydrogen-bond acceptors (Lipinski definition) is 3. The van der Waals surface area contributed by atoms with Gasteiger partial charge in [0.05, 0.1) is 0 Å². The molecule has 1 N–H and O–H groups in total. The van der Waals surface area contributed by atoms with Gasteiger partial charge in [0, 0.05) is 25.9 Å². The SMILES string of the molecule is O=C1CCC(C(=O)N2CC2)=NN1. The molecule has 0 aromatic rings. The Labute approximate surface area is 69.4 Å². The van der Waals surface area contributed by atoms with Gasteiger partial charge in [0.15, 0.2) is 0 Å². The summed E-state index contributed by atoms with van der Waals surface area (Å²) < 4.78 is 0. The largest absolute Gasteiger partial charge is 0.334 e. The molecular weight excluding hydrogens is 158 g/mol. The highest BCUT2D eigenvalue weighted by atomic mass is 16.2. The second-order valence-electron chi connectivity index (χ2n) is 2.89. The summed E-state index contributed by atoms with van der Waals surface area (Å²) in [4.78, 5) is 23.7. The van der Waals surface area contributed by atoms with Crippen molar-refractivity contribution < 1.29 is 9.59 Å². The predicted molar refractivity (Wildman–Crippen MR) is 41.4 cm³/mol. The molecule has 5 nitrogen and oxygen atoms in total. The number of hydrazone groups is 1. The molecule has 1 fully saturated rings. The fraction of sp³-hybridized carbons (Fsp3) is 0.571. The summed E-state index contributed by atoms with van der Waals surface area (Å²) in [6.07, 6.45) is 0.847. The van der Waals surface area contributed by atoms with Crippen molar-refractivity contribution in [2.24, 2.45) is 5.10 Å². The molecule has 0 aliphatic carbocycles. The molecular formula is C7H9N3O2. The van der Waals surface area contributed by atoms with E-state index < -0.39 is 0 Å². The van der Waals surface area contributed by atoms with E-state index in [9.17, 15) is 9.59 Å². The van der Waals surface area contributed by atoms with E-state index in [2.05, 4.69) is 10.5 Å². The lowest BCUT2D eigenvalue weighted by Gasteiger charge is -2.10. The quantitative estimate of drug-likeness (QED) is 0.514. The molecule has 5 heteroatoms. The van der Waals surface area contributed by atoms with Crippen LogP contribution >= 0.6 is 0 Å². The Hall–Kier alpha value is -1.39. The van der Waals surface area contributed by atoms with Crippen LogP contribution in [0.2, 0.25) is 0 Å². The Kier molecular flexibility index (Phi) is 1.56. The molecule has 1 saturated heterocycles. The first-order chi connectivity index (χ1) is 5.77. The highest BCUT2D eigenvalue weighted by molar-refractivity contribution is 6.39. The van der Waals surface area contributed by atoms with Gasteiger partial charge in [-0.1, -0.05) is 0 Å². The van der Waals surface area contributed by atoms with Crippen LogP contribution in [0.1, 0.15) is 12.8 Å². The third-order valence-corrected chi connectivity index (χ3v) is 1.89. The molecule has 0 spiro atoms. The summed E-state index contributed by atoms with van der Waals surface area (Å²) in [6.45, 7) is 1.65. The van der Waals surface area contributed by atoms with Gasteiger partial charge >= 0.3 is 0 Å². The molecule has 0 saturated carbocycles. The van der Waals surface area contributed by atoms with Crippen LogP contribution in [0, 0.1) is 0 Å². The van der Waals surface area contributed by atoms with E-state index in [1.54, 1.807) is 4.90 Å². The average molecular weight is 167 g/mol. The predicted octanol–water partition coefficient (Wildman–Crippen LogP) is -0.905. The summed E-state index contributed by atoms with van der Waals surface area (Å²) in [5, 5.41) is 3.70. The van der Waals surface area contributed by atoms with Crippen molar-refractivity contribution in [3.8, 4) is 0 Å². The number of carbonyl (C=O) groups is 2. The summed E-state index contributed by atoms with van der Waals surface area (Å²) >= 11 is 0. The van der Waals surface area contributed by atoms with E-state index in [0.717, 1.165) is 13.1 Å². The lowest BCUT2D eigenvalue weighted by atomic mass is 10.2. The average Bonchev–Trinajstić information content (AvgIpc) is 2.87. The summed E-state index contributed by atoms with van der Waals surface area (Å²) in [5.41, 5.74) is 2.78. The first-order valence-corrected chi connectivity index (χ1v) is 3.92. The van der Waals surface area contributed by atoms with Crippen molar-refractivity contribution in [3.63, 3.8) is 0 Å². The van der Waals surface area contributed by atoms with Crippen molar-refractivity contribution in [1.82, 2.24) is 10.3 Å². The maximum atomic E-state index is 11.3. The monoisotopic (exact) mass is 167 g/mol. The van der Waals surface area contributed by atoms with Crippen LogP contribution < -0.4 is 5.43 Å². The minimum absolute atomic E-state index is 0.0324. The van der Waals surface area contributed by atoms with E-state index >= 15 is 0 Å². The first kappa shape index (κ1) is 7.27. The van der Waals surface area contributed by atoms with Gasteiger partial charge in [0.2, 0.25) is 5.91 Å². The normalized spacial score (nSPS) is 21.5. The molecule has 2 amide bonds. The molecule has 64 valence electrons. The van der Waals surface area contributed by atoms with Crippen LogP contribution in [-0.4, -0.2) is 35.5 Å². The van der Waals surface area contributed by atoms with Crippen molar-refractivity contribution in [2.45, 2.75) is 12.8 Å². The van der Waals surface area contributed by atoms with Crippen LogP contribution in [0.3, 0.4) is 0 Å². The Morgan fingerprint density at radius 3 is 2.67 bits per heavy atom. The number of rotatable bonds is 1. The zero-order valence-corrected chi connectivity index (χ0v) is 6.54. The minimum atomic E-state index is -0.114. The maximum absolute atomic E-state index is 11.3. The number of hydrogen-bond donors (Lipinski definition) is 1. The Morgan fingerprint density at radius 2 is 2.17 bits per heavy atom. The van der Waals surface area contributed by atoms with Crippen molar-refractivity contribution in [3.05, 3.63) is 0 Å². The topological polar surface area (TPSA) is 61.5 Å². The third kappa shape index (κ3) is 1.30. The second-order valence-corrected chi connectivity index (χ2v) is 2.89. The van der Waals surface area contributed by atoms with Crippen molar-refractivity contribution in [2.75, 3.05) is 13.1 Å². The molecule has 12 heavy (non-hydrogen) atoms. The van der Waals surface area contributed by atoms with Gasteiger partial charge in [-0.3, -0.25) is 9.59 Å². The van der Waals surface area contributed by atoms with Gasteiger partial charge in [0.25, 0.3) is 5.91 Å². The van der Waals surface area contributed by atoms with Crippen LogP contribution in [0.4, 0.5) is 0 Å². The van der Waals surface area contributed by atoms with Crippen LogP contribution in [-0.2, 0) is 9.59 Å². The van der Waals surface area contributed by atoms with Gasteiger partial charge in [-0.05, 0) is 0 Å². The molecule has 2 aliphatic rings. The number of carbonyl (C=O) groups excluding carboxylic acids is 2. The van der Waals surface area contributed by atoms with Crippen molar-refractivity contribution >= 4 is 17.5 Å². The smallest absolute Gasteiger partial charge is 0.270 e. The van der Waals surface area contributed by atoms with Gasteiger partial charge in [0.1, 0.15) is 5.71 Å². The van der Waals surface area contributed by atoms with Gasteiger partial charge in [-0.15, -0.1) is 0 Å². The highest BCUT2D eigenvalue weighted by Crippen LogP contribution is 2.09. The van der Waals surface area contributed by atoms with E-state index in [4.69, 9.17) is 0 Å². The highest BCUT2D eigenvalue weighted by Gasteiger charge is 2.29. The number of nitrogens with zero attached hydrogens (tertiary/aromatic N) is 2. The van der Waals surface area contributed by atoms with Gasteiger partial charge in [-0.25, -0.2) is 5.43 Å². The number of amides is 2. The molecule has 0 atom stereocenters. The second kappa shape index (κ2) is 2.58. The van der Waals surface area contributed by atoms with Gasteiger partial charge in [-0.2, -0.15) is 5.10 Å². The minimum Gasteiger partial charge on any atom is -0.334 e. The van der Waals surface area contributed by atoms with Crippen LogP contribution in [0.5, 0.6) is 0 Å². The standard InChI is InChI=1S/C7H9N3O2/c11-6-2-1-5(8-9-6)7(12)10-3-4-10/h1-4H2,(H,9,11). The molecule has 0 radical (unpaired) electrons. The number of nitrogens with one attached hydrogen (secondary N) is 1. The van der Waals surface area contributed by atoms with E-state index in [0.29, 0.717) is 18.6 Å². The Morgan fingerprint density at radius 1 is 1.42 bits per heavy atom. The molecule has 0 aromatic carbocycles. The summed E-state index contributed by atoms with van der Waals surface area (Å²) in [6, 6.07) is 0. The van der Waals surface area contributed by atoms with Crippen LogP contribution in [0.15, 0.2) is 5.10 Å². The summed E-state index contributed by atoms with van der Waals surface area (Å²) in [7, 11) is 0. The third-order valence-electron chi connectivity index (χ3n) is 1.89. The lowest BCUT2D eigenvalue weighted by Crippen LogP contribution is -2.32. The lowest BCUT2D eigenvalue weighted by molar-refractivity contribution is -0.121. The maximum Gasteiger partial charge on any atom is 0.270 e. The zero-order valence-electron chi connectivity index (χ0n) is 6.54. The van der Waals surface area contributed by atoms with Crippen LogP contribution in [0.25, 0.3) is 0 Å². The first-order valence-electron chi connectivity index (χ1n) is 3.92. The molecule has 2 rings (SSSR count). The molecule has 2 aliphatic heterocycles. The van der Waals surface area contributed by atoms with E-state index in [1.165, 1.54) is 0 Å². The fourth-order valence-electron chi connectivity index (χ4n) is 1.06. The van der Waals surface area contributed by atoms with E-state index in [1.807, 2.05) is 0 Å². The van der Waals surface area contributed by atoms with Gasteiger partial charge < -0.3 is 4.90 Å². The van der Waals surface area contributed by atoms with Crippen molar-refractivity contribution in [1.29, 1.82) is 0 Å². The Bertz CT molecular complexity index is 268. The molecule has 0 bridgehead atoms. The molecule has 0 unspecified atom stereocenters.